The molecule has 1 heteroatoms. The van der Waals surface area contributed by atoms with Gasteiger partial charge in [0.25, 0.3) is 0 Å². The predicted octanol–water partition coefficient (Wildman–Crippen LogP) is 3.01. The van der Waals surface area contributed by atoms with Crippen molar-refractivity contribution in [2.24, 2.45) is 28.1 Å². The van der Waals surface area contributed by atoms with Crippen LogP contribution in [0.15, 0.2) is 0 Å². The minimum Gasteiger partial charge on any atom is -0.303 e. The quantitative estimate of drug-likeness (QED) is 0.590. The van der Waals surface area contributed by atoms with Crippen LogP contribution in [0.3, 0.4) is 0 Å². The maximum absolute atomic E-state index is 2.64. The van der Waals surface area contributed by atoms with Crippen molar-refractivity contribution < 1.29 is 0 Å². The maximum Gasteiger partial charge on any atom is 0.0135 e. The lowest BCUT2D eigenvalue weighted by Crippen LogP contribution is -2.45. The summed E-state index contributed by atoms with van der Waals surface area (Å²) in [5.74, 6) is 1.86. The van der Waals surface area contributed by atoms with Gasteiger partial charge >= 0.3 is 0 Å². The fraction of sp³-hybridized carbons (Fsp3) is 1.00. The summed E-state index contributed by atoms with van der Waals surface area (Å²) < 4.78 is 0. The molecular weight excluding hydrogens is 182 g/mol. The molecule has 5 atom stereocenters. The summed E-state index contributed by atoms with van der Waals surface area (Å²) in [6, 6.07) is 0.878. The standard InChI is InChI=1S/C14H25N/c1-9-11-10-7-13(9,4)12(2,3)14(11,5)8-15(10)6/h9-11H,7-8H2,1-6H3. The highest BCUT2D eigenvalue weighted by atomic mass is 15.2. The SMILES string of the molecule is CC1C2C3CC1(C)C(C)(C)C2(C)CN3C. The molecule has 0 spiro atoms. The number of likely N-dealkylation sites (tertiary alicyclic amines) is 1. The number of nitrogens with zero attached hydrogens (tertiary/aromatic N) is 1. The molecule has 1 aliphatic heterocycles. The number of rotatable bonds is 0. The van der Waals surface area contributed by atoms with E-state index in [1.807, 2.05) is 0 Å². The van der Waals surface area contributed by atoms with E-state index in [9.17, 15) is 0 Å². The highest BCUT2D eigenvalue weighted by Gasteiger charge is 2.76. The molecule has 15 heavy (non-hydrogen) atoms. The average molecular weight is 207 g/mol. The van der Waals surface area contributed by atoms with E-state index in [0.717, 1.165) is 17.9 Å². The van der Waals surface area contributed by atoms with E-state index in [1.165, 1.54) is 13.0 Å². The van der Waals surface area contributed by atoms with Crippen LogP contribution in [0, 0.1) is 28.1 Å². The number of hydrogen-bond acceptors (Lipinski definition) is 1. The third kappa shape index (κ3) is 0.740. The molecule has 0 amide bonds. The van der Waals surface area contributed by atoms with Crippen molar-refractivity contribution in [3.05, 3.63) is 0 Å². The molecule has 3 rings (SSSR count). The molecule has 3 fully saturated rings. The van der Waals surface area contributed by atoms with Crippen LogP contribution in [0.1, 0.15) is 41.0 Å². The zero-order valence-corrected chi connectivity index (χ0v) is 11.1. The van der Waals surface area contributed by atoms with E-state index < -0.39 is 0 Å². The predicted molar refractivity (Wildman–Crippen MR) is 63.7 cm³/mol. The van der Waals surface area contributed by atoms with Gasteiger partial charge in [0.2, 0.25) is 0 Å². The molecule has 2 bridgehead atoms. The summed E-state index contributed by atoms with van der Waals surface area (Å²) in [6.07, 6.45) is 1.43. The molecule has 0 aromatic heterocycles. The summed E-state index contributed by atoms with van der Waals surface area (Å²) in [6.45, 7) is 14.0. The van der Waals surface area contributed by atoms with Crippen LogP contribution in [0.5, 0.6) is 0 Å². The van der Waals surface area contributed by atoms with E-state index in [0.29, 0.717) is 16.2 Å². The van der Waals surface area contributed by atoms with Crippen LogP contribution in [-0.4, -0.2) is 24.5 Å². The van der Waals surface area contributed by atoms with Crippen LogP contribution in [0.4, 0.5) is 0 Å². The summed E-state index contributed by atoms with van der Waals surface area (Å²) in [5.41, 5.74) is 1.63. The summed E-state index contributed by atoms with van der Waals surface area (Å²) in [4.78, 5) is 2.64. The molecule has 1 saturated heterocycles. The van der Waals surface area contributed by atoms with Crippen molar-refractivity contribution in [2.75, 3.05) is 13.6 Å². The fourth-order valence-corrected chi connectivity index (χ4v) is 5.71. The van der Waals surface area contributed by atoms with E-state index in [1.54, 1.807) is 0 Å². The summed E-state index contributed by atoms with van der Waals surface area (Å²) in [7, 11) is 2.34. The normalized spacial score (nSPS) is 61.6. The Morgan fingerprint density at radius 1 is 1.07 bits per heavy atom. The Balaban J connectivity index is 2.20. The Morgan fingerprint density at radius 3 is 2.13 bits per heavy atom. The van der Waals surface area contributed by atoms with E-state index in [4.69, 9.17) is 0 Å². The first kappa shape index (κ1) is 10.1. The number of hydrogen-bond donors (Lipinski definition) is 0. The third-order valence-electron chi connectivity index (χ3n) is 7.33. The minimum atomic E-state index is 0.505. The largest absolute Gasteiger partial charge is 0.303 e. The molecule has 0 aromatic carbocycles. The van der Waals surface area contributed by atoms with E-state index in [2.05, 4.69) is 46.6 Å². The summed E-state index contributed by atoms with van der Waals surface area (Å²) in [5, 5.41) is 0. The fourth-order valence-electron chi connectivity index (χ4n) is 5.71. The molecule has 3 aliphatic rings. The molecule has 0 aromatic rings. The van der Waals surface area contributed by atoms with Gasteiger partial charge in [0.15, 0.2) is 0 Å². The second-order valence-electron chi connectivity index (χ2n) is 7.46. The third-order valence-corrected chi connectivity index (χ3v) is 7.33. The van der Waals surface area contributed by atoms with Gasteiger partial charge < -0.3 is 4.90 Å². The smallest absolute Gasteiger partial charge is 0.0135 e. The monoisotopic (exact) mass is 207 g/mol. The van der Waals surface area contributed by atoms with Gasteiger partial charge in [-0.1, -0.05) is 34.6 Å². The van der Waals surface area contributed by atoms with Crippen molar-refractivity contribution in [2.45, 2.75) is 47.1 Å². The second-order valence-corrected chi connectivity index (χ2v) is 7.46. The van der Waals surface area contributed by atoms with Crippen molar-refractivity contribution in [3.8, 4) is 0 Å². The zero-order valence-electron chi connectivity index (χ0n) is 11.1. The Labute approximate surface area is 94.2 Å². The van der Waals surface area contributed by atoms with Crippen molar-refractivity contribution in [1.82, 2.24) is 4.90 Å². The van der Waals surface area contributed by atoms with Crippen molar-refractivity contribution in [3.63, 3.8) is 0 Å². The molecule has 0 N–H and O–H groups in total. The first-order chi connectivity index (χ1) is 6.76. The Hall–Kier alpha value is -0.0400. The molecular formula is C14H25N. The molecule has 1 nitrogen and oxygen atoms in total. The van der Waals surface area contributed by atoms with Crippen LogP contribution in [0.2, 0.25) is 0 Å². The average Bonchev–Trinajstić information content (AvgIpc) is 2.54. The van der Waals surface area contributed by atoms with Gasteiger partial charge in [0, 0.05) is 12.6 Å². The molecule has 0 radical (unpaired) electrons. The lowest BCUT2D eigenvalue weighted by atomic mass is 9.54. The number of fused-ring (bicyclic) bond motifs is 1. The minimum absolute atomic E-state index is 0.505. The molecule has 2 saturated carbocycles. The maximum atomic E-state index is 2.64. The van der Waals surface area contributed by atoms with Crippen LogP contribution >= 0.6 is 0 Å². The summed E-state index contributed by atoms with van der Waals surface area (Å²) >= 11 is 0. The topological polar surface area (TPSA) is 3.24 Å². The van der Waals surface area contributed by atoms with Crippen molar-refractivity contribution in [1.29, 1.82) is 0 Å². The molecule has 86 valence electrons. The lowest BCUT2D eigenvalue weighted by molar-refractivity contribution is -0.000369. The van der Waals surface area contributed by atoms with Crippen LogP contribution in [0.25, 0.3) is 0 Å². The van der Waals surface area contributed by atoms with Gasteiger partial charge in [0.05, 0.1) is 0 Å². The Kier molecular flexibility index (Phi) is 1.55. The highest BCUT2D eigenvalue weighted by Crippen LogP contribution is 2.77. The van der Waals surface area contributed by atoms with Gasteiger partial charge in [-0.2, -0.15) is 0 Å². The van der Waals surface area contributed by atoms with Gasteiger partial charge in [-0.25, -0.2) is 0 Å². The molecule has 1 heterocycles. The van der Waals surface area contributed by atoms with E-state index >= 15 is 0 Å². The first-order valence-corrected chi connectivity index (χ1v) is 6.46. The molecule has 5 unspecified atom stereocenters. The van der Waals surface area contributed by atoms with Crippen LogP contribution < -0.4 is 0 Å². The van der Waals surface area contributed by atoms with Gasteiger partial charge in [-0.3, -0.25) is 0 Å². The Morgan fingerprint density at radius 2 is 1.67 bits per heavy atom. The zero-order chi connectivity index (χ0) is 11.2. The van der Waals surface area contributed by atoms with E-state index in [-0.39, 0.29) is 0 Å². The van der Waals surface area contributed by atoms with Crippen LogP contribution in [-0.2, 0) is 0 Å². The van der Waals surface area contributed by atoms with Gasteiger partial charge in [0.1, 0.15) is 0 Å². The lowest BCUT2D eigenvalue weighted by Gasteiger charge is -2.49. The second kappa shape index (κ2) is 2.30. The highest BCUT2D eigenvalue weighted by molar-refractivity contribution is 5.25. The molecule has 2 aliphatic carbocycles. The van der Waals surface area contributed by atoms with Crippen molar-refractivity contribution >= 4 is 0 Å². The Bertz CT molecular complexity index is 319. The first-order valence-electron chi connectivity index (χ1n) is 6.46. The van der Waals surface area contributed by atoms with Gasteiger partial charge in [-0.15, -0.1) is 0 Å². The van der Waals surface area contributed by atoms with Gasteiger partial charge in [-0.05, 0) is 41.5 Å².